The van der Waals surface area contributed by atoms with Gasteiger partial charge in [-0.2, -0.15) is 0 Å². The van der Waals surface area contributed by atoms with E-state index in [4.69, 9.17) is 0 Å². The molecule has 9 heteroatoms. The molecule has 2 aromatic rings. The number of carbonyl (C=O) groups excluding carboxylic acids is 3. The number of carbonyl (C=O) groups is 3. The molecule has 3 atom stereocenters. The lowest BCUT2D eigenvalue weighted by molar-refractivity contribution is -0.142. The largest absolute Gasteiger partial charge is 0.390 e. The first-order valence-electron chi connectivity index (χ1n) is 15.6. The van der Waals surface area contributed by atoms with Crippen LogP contribution in [0.5, 0.6) is 0 Å². The van der Waals surface area contributed by atoms with Gasteiger partial charge in [0.2, 0.25) is 17.7 Å². The second-order valence-electron chi connectivity index (χ2n) is 11.4. The van der Waals surface area contributed by atoms with E-state index in [0.717, 1.165) is 55.0 Å². The Morgan fingerprint density at radius 2 is 1.62 bits per heavy atom. The lowest BCUT2D eigenvalue weighted by Gasteiger charge is -2.29. The van der Waals surface area contributed by atoms with Crippen molar-refractivity contribution in [2.75, 3.05) is 26.2 Å². The average molecular weight is 603 g/mol. The van der Waals surface area contributed by atoms with Crippen molar-refractivity contribution in [3.63, 3.8) is 0 Å². The van der Waals surface area contributed by atoms with Crippen molar-refractivity contribution < 1.29 is 19.5 Å². The van der Waals surface area contributed by atoms with Crippen molar-refractivity contribution >= 4 is 40.9 Å². The summed E-state index contributed by atoms with van der Waals surface area (Å²) in [5, 5.41) is 21.8. The zero-order valence-corrected chi connectivity index (χ0v) is 26.6. The number of amides is 3. The quantitative estimate of drug-likeness (QED) is 0.230. The standard InChI is InChI=1S/C33H50N4O4.ClH/c1-5-23(6-2)20-34-21-28(38)22-35-31(39)29(19-24-15-16-26-12-9-10-13-27(26)18-24)36-32(40)30-14-11-17-37(30)33(41)25(7-3)8-4;/h9-10,12-13,15-16,18,23,25,28-30,34,38H,5-8,11,14,17,19-22H2,1-4H3,(H,35,39)(H,36,40);1H/t28?,29-,30+;/m1./s1. The Kier molecular flexibility index (Phi) is 15.3. The van der Waals surface area contributed by atoms with Crippen LogP contribution < -0.4 is 16.0 Å². The number of halogens is 1. The molecule has 0 spiro atoms. The molecule has 0 saturated carbocycles. The third-order valence-electron chi connectivity index (χ3n) is 8.54. The number of nitrogens with zero attached hydrogens (tertiary/aromatic N) is 1. The molecule has 8 nitrogen and oxygen atoms in total. The Morgan fingerprint density at radius 1 is 0.929 bits per heavy atom. The predicted octanol–water partition coefficient (Wildman–Crippen LogP) is 4.22. The van der Waals surface area contributed by atoms with E-state index < -0.39 is 18.2 Å². The van der Waals surface area contributed by atoms with E-state index in [-0.39, 0.29) is 42.6 Å². The number of nitrogens with one attached hydrogen (secondary N) is 3. The number of hydrogen-bond donors (Lipinski definition) is 4. The van der Waals surface area contributed by atoms with Crippen LogP contribution in [0.2, 0.25) is 0 Å². The molecule has 1 unspecified atom stereocenters. The van der Waals surface area contributed by atoms with E-state index in [9.17, 15) is 19.5 Å². The van der Waals surface area contributed by atoms with Crippen LogP contribution >= 0.6 is 12.4 Å². The molecule has 1 fully saturated rings. The molecule has 1 heterocycles. The molecule has 1 aliphatic heterocycles. The zero-order valence-electron chi connectivity index (χ0n) is 25.7. The molecule has 4 N–H and O–H groups in total. The molecule has 42 heavy (non-hydrogen) atoms. The molecule has 0 bridgehead atoms. The molecule has 0 aromatic heterocycles. The van der Waals surface area contributed by atoms with Crippen LogP contribution in [0.4, 0.5) is 0 Å². The third kappa shape index (κ3) is 9.96. The number of benzene rings is 2. The van der Waals surface area contributed by atoms with E-state index in [0.29, 0.717) is 31.8 Å². The Hall–Kier alpha value is -2.68. The smallest absolute Gasteiger partial charge is 0.243 e. The van der Waals surface area contributed by atoms with Crippen molar-refractivity contribution in [2.24, 2.45) is 11.8 Å². The summed E-state index contributed by atoms with van der Waals surface area (Å²) in [6.07, 6.45) is 4.54. The second kappa shape index (κ2) is 18.1. The Bertz CT molecular complexity index is 1140. The highest BCUT2D eigenvalue weighted by Crippen LogP contribution is 2.23. The topological polar surface area (TPSA) is 111 Å². The van der Waals surface area contributed by atoms with Crippen LogP contribution in [0, 0.1) is 11.8 Å². The summed E-state index contributed by atoms with van der Waals surface area (Å²) < 4.78 is 0. The van der Waals surface area contributed by atoms with Gasteiger partial charge in [-0.1, -0.05) is 83.0 Å². The van der Waals surface area contributed by atoms with Crippen molar-refractivity contribution in [2.45, 2.75) is 90.8 Å². The first-order chi connectivity index (χ1) is 19.8. The van der Waals surface area contributed by atoms with Crippen molar-refractivity contribution in [3.8, 4) is 0 Å². The number of likely N-dealkylation sites (tertiary alicyclic amines) is 1. The number of rotatable bonds is 16. The van der Waals surface area contributed by atoms with E-state index in [1.54, 1.807) is 4.90 Å². The van der Waals surface area contributed by atoms with Crippen LogP contribution in [0.3, 0.4) is 0 Å². The molecular weight excluding hydrogens is 552 g/mol. The fraction of sp³-hybridized carbons (Fsp3) is 0.606. The minimum Gasteiger partial charge on any atom is -0.390 e. The monoisotopic (exact) mass is 602 g/mol. The summed E-state index contributed by atoms with van der Waals surface area (Å²) in [4.78, 5) is 41.8. The SMILES string of the molecule is CCC(CC)CNCC(O)CNC(=O)[C@@H](Cc1ccc2ccccc2c1)NC(=O)[C@@H]1CCCN1C(=O)C(CC)CC.Cl. The maximum absolute atomic E-state index is 13.5. The van der Waals surface area contributed by atoms with Gasteiger partial charge < -0.3 is 26.0 Å². The van der Waals surface area contributed by atoms with Gasteiger partial charge in [0.05, 0.1) is 6.10 Å². The van der Waals surface area contributed by atoms with Gasteiger partial charge in [-0.3, -0.25) is 14.4 Å². The van der Waals surface area contributed by atoms with Crippen LogP contribution in [0.1, 0.15) is 71.8 Å². The fourth-order valence-corrected chi connectivity index (χ4v) is 5.70. The normalized spacial score (nSPS) is 16.4. The second-order valence-corrected chi connectivity index (χ2v) is 11.4. The van der Waals surface area contributed by atoms with E-state index in [2.05, 4.69) is 29.8 Å². The van der Waals surface area contributed by atoms with E-state index in [1.807, 2.05) is 56.3 Å². The number of hydrogen-bond acceptors (Lipinski definition) is 5. The summed E-state index contributed by atoms with van der Waals surface area (Å²) in [7, 11) is 0. The first kappa shape index (κ1) is 35.5. The highest BCUT2D eigenvalue weighted by Gasteiger charge is 2.37. The van der Waals surface area contributed by atoms with Gasteiger partial charge in [0, 0.05) is 32.0 Å². The number of aliphatic hydroxyl groups excluding tert-OH is 1. The first-order valence-corrected chi connectivity index (χ1v) is 15.6. The average Bonchev–Trinajstić information content (AvgIpc) is 3.48. The molecular formula is C33H51ClN4O4. The Balaban J connectivity index is 0.00000616. The van der Waals surface area contributed by atoms with Crippen LogP contribution in [-0.4, -0.2) is 72.1 Å². The maximum Gasteiger partial charge on any atom is 0.243 e. The van der Waals surface area contributed by atoms with Crippen LogP contribution in [-0.2, 0) is 20.8 Å². The van der Waals surface area contributed by atoms with E-state index >= 15 is 0 Å². The molecule has 1 saturated heterocycles. The molecule has 234 valence electrons. The van der Waals surface area contributed by atoms with Crippen molar-refractivity contribution in [1.82, 2.24) is 20.9 Å². The summed E-state index contributed by atoms with van der Waals surface area (Å²) in [6, 6.07) is 12.6. The molecule has 3 rings (SSSR count). The van der Waals surface area contributed by atoms with Crippen molar-refractivity contribution in [3.05, 3.63) is 48.0 Å². The Morgan fingerprint density at radius 3 is 2.29 bits per heavy atom. The molecule has 2 aromatic carbocycles. The summed E-state index contributed by atoms with van der Waals surface area (Å²) >= 11 is 0. The molecule has 0 aliphatic carbocycles. The zero-order chi connectivity index (χ0) is 29.8. The van der Waals surface area contributed by atoms with Gasteiger partial charge in [-0.25, -0.2) is 0 Å². The van der Waals surface area contributed by atoms with E-state index in [1.165, 1.54) is 0 Å². The third-order valence-corrected chi connectivity index (χ3v) is 8.54. The fourth-order valence-electron chi connectivity index (χ4n) is 5.70. The molecule has 3 amide bonds. The summed E-state index contributed by atoms with van der Waals surface area (Å²) in [6.45, 7) is 10.2. The van der Waals surface area contributed by atoms with Gasteiger partial charge >= 0.3 is 0 Å². The highest BCUT2D eigenvalue weighted by atomic mass is 35.5. The summed E-state index contributed by atoms with van der Waals surface area (Å²) in [5.74, 6) is -0.158. The Labute approximate surface area is 257 Å². The van der Waals surface area contributed by atoms with Crippen LogP contribution in [0.15, 0.2) is 42.5 Å². The van der Waals surface area contributed by atoms with Gasteiger partial charge in [-0.15, -0.1) is 12.4 Å². The lowest BCUT2D eigenvalue weighted by Crippen LogP contribution is -2.55. The highest BCUT2D eigenvalue weighted by molar-refractivity contribution is 5.93. The molecule has 0 radical (unpaired) electrons. The lowest BCUT2D eigenvalue weighted by atomic mass is 10.00. The number of fused-ring (bicyclic) bond motifs is 1. The van der Waals surface area contributed by atoms with Gasteiger partial charge in [0.15, 0.2) is 0 Å². The minimum atomic E-state index is -0.834. The minimum absolute atomic E-state index is 0. The van der Waals surface area contributed by atoms with Gasteiger partial charge in [-0.05, 0) is 54.5 Å². The van der Waals surface area contributed by atoms with Crippen LogP contribution in [0.25, 0.3) is 10.8 Å². The predicted molar refractivity (Wildman–Crippen MR) is 172 cm³/mol. The maximum atomic E-state index is 13.5. The number of aliphatic hydroxyl groups is 1. The van der Waals surface area contributed by atoms with Crippen molar-refractivity contribution in [1.29, 1.82) is 0 Å². The van der Waals surface area contributed by atoms with Gasteiger partial charge in [0.25, 0.3) is 0 Å². The van der Waals surface area contributed by atoms with Gasteiger partial charge in [0.1, 0.15) is 12.1 Å². The summed E-state index contributed by atoms with van der Waals surface area (Å²) in [5.41, 5.74) is 0.924. The molecule has 1 aliphatic rings.